The van der Waals surface area contributed by atoms with Crippen molar-refractivity contribution in [3.05, 3.63) is 52.6 Å². The molecular formula is C15H14FN3O. The summed E-state index contributed by atoms with van der Waals surface area (Å²) in [6.45, 7) is 3.55. The molecule has 20 heavy (non-hydrogen) atoms. The molecule has 0 saturated heterocycles. The Morgan fingerprint density at radius 3 is 2.65 bits per heavy atom. The molecule has 2 rings (SSSR count). The summed E-state index contributed by atoms with van der Waals surface area (Å²) < 4.78 is 15.5. The van der Waals surface area contributed by atoms with E-state index in [0.717, 1.165) is 5.69 Å². The Balaban J connectivity index is 2.59. The van der Waals surface area contributed by atoms with Crippen LogP contribution in [0.4, 0.5) is 4.39 Å². The van der Waals surface area contributed by atoms with Crippen molar-refractivity contribution < 1.29 is 9.18 Å². The van der Waals surface area contributed by atoms with E-state index in [4.69, 9.17) is 11.0 Å². The predicted octanol–water partition coefficient (Wildman–Crippen LogP) is 2.25. The largest absolute Gasteiger partial charge is 0.324 e. The summed E-state index contributed by atoms with van der Waals surface area (Å²) in [4.78, 5) is 11.7. The number of aromatic nitrogens is 1. The number of nitriles is 1. The average Bonchev–Trinajstić information content (AvgIpc) is 2.73. The van der Waals surface area contributed by atoms with Gasteiger partial charge in [0.15, 0.2) is 5.78 Å². The monoisotopic (exact) mass is 271 g/mol. The third-order valence-corrected chi connectivity index (χ3v) is 3.25. The summed E-state index contributed by atoms with van der Waals surface area (Å²) in [7, 11) is 0. The Bertz CT molecular complexity index is 725. The average molecular weight is 271 g/mol. The summed E-state index contributed by atoms with van der Waals surface area (Å²) in [5, 5.41) is 8.74. The number of carbonyl (C=O) groups is 1. The van der Waals surface area contributed by atoms with Crippen LogP contribution in [-0.2, 0) is 0 Å². The predicted molar refractivity (Wildman–Crippen MR) is 73.3 cm³/mol. The fraction of sp³-hybridized carbons (Fsp3) is 0.200. The van der Waals surface area contributed by atoms with Gasteiger partial charge in [0.2, 0.25) is 0 Å². The molecule has 5 heteroatoms. The first kappa shape index (κ1) is 14.0. The smallest absolute Gasteiger partial charge is 0.178 e. The zero-order valence-corrected chi connectivity index (χ0v) is 11.3. The summed E-state index contributed by atoms with van der Waals surface area (Å²) in [5.74, 6) is -0.734. The Labute approximate surface area is 116 Å². The zero-order valence-electron chi connectivity index (χ0n) is 11.3. The molecule has 0 amide bonds. The highest BCUT2D eigenvalue weighted by Gasteiger charge is 2.16. The highest BCUT2D eigenvalue weighted by atomic mass is 19.1. The molecule has 0 saturated carbocycles. The molecule has 1 aromatic carbocycles. The Morgan fingerprint density at radius 2 is 2.10 bits per heavy atom. The fourth-order valence-corrected chi connectivity index (χ4v) is 2.29. The van der Waals surface area contributed by atoms with Gasteiger partial charge in [-0.3, -0.25) is 4.79 Å². The van der Waals surface area contributed by atoms with E-state index in [1.807, 2.05) is 6.92 Å². The molecule has 4 nitrogen and oxygen atoms in total. The first-order valence-electron chi connectivity index (χ1n) is 6.11. The Morgan fingerprint density at radius 1 is 1.40 bits per heavy atom. The van der Waals surface area contributed by atoms with Crippen LogP contribution in [0, 0.1) is 31.0 Å². The van der Waals surface area contributed by atoms with E-state index in [1.165, 1.54) is 12.1 Å². The molecular weight excluding hydrogens is 257 g/mol. The molecule has 0 radical (unpaired) electrons. The van der Waals surface area contributed by atoms with Crippen LogP contribution in [0.2, 0.25) is 0 Å². The Hall–Kier alpha value is -2.45. The lowest BCUT2D eigenvalue weighted by molar-refractivity contribution is 0.100. The molecule has 0 aliphatic rings. The number of nitrogens with zero attached hydrogens (tertiary/aromatic N) is 2. The second kappa shape index (κ2) is 5.27. The number of nitrogens with two attached hydrogens (primary N) is 1. The highest BCUT2D eigenvalue weighted by molar-refractivity contribution is 5.99. The number of aryl methyl sites for hydroxylation is 1. The number of hydrogen-bond acceptors (Lipinski definition) is 3. The minimum atomic E-state index is -0.579. The second-order valence-corrected chi connectivity index (χ2v) is 4.52. The van der Waals surface area contributed by atoms with Gasteiger partial charge < -0.3 is 10.3 Å². The van der Waals surface area contributed by atoms with E-state index in [-0.39, 0.29) is 17.9 Å². The minimum Gasteiger partial charge on any atom is -0.324 e. The number of carbonyl (C=O) groups excluding carboxylic acids is 1. The lowest BCUT2D eigenvalue weighted by atomic mass is 10.1. The van der Waals surface area contributed by atoms with Gasteiger partial charge >= 0.3 is 0 Å². The van der Waals surface area contributed by atoms with Crippen molar-refractivity contribution in [2.75, 3.05) is 6.54 Å². The van der Waals surface area contributed by atoms with Crippen LogP contribution in [0.3, 0.4) is 0 Å². The van der Waals surface area contributed by atoms with Gasteiger partial charge in [0.25, 0.3) is 0 Å². The van der Waals surface area contributed by atoms with Gasteiger partial charge in [0.05, 0.1) is 12.1 Å². The number of rotatable bonds is 3. The van der Waals surface area contributed by atoms with E-state index in [0.29, 0.717) is 16.9 Å². The van der Waals surface area contributed by atoms with Crippen LogP contribution in [0.5, 0.6) is 0 Å². The van der Waals surface area contributed by atoms with E-state index in [2.05, 4.69) is 0 Å². The molecule has 0 spiro atoms. The zero-order chi connectivity index (χ0) is 14.9. The van der Waals surface area contributed by atoms with Gasteiger partial charge in [-0.25, -0.2) is 4.39 Å². The number of Topliss-reactive ketones (excluding diaryl/α,β-unsaturated/α-hetero) is 1. The summed E-state index contributed by atoms with van der Waals surface area (Å²) in [5.41, 5.74) is 8.01. The lowest BCUT2D eigenvalue weighted by Crippen LogP contribution is -2.14. The maximum atomic E-state index is 13.7. The molecule has 0 atom stereocenters. The van der Waals surface area contributed by atoms with Gasteiger partial charge in [0.1, 0.15) is 11.9 Å². The van der Waals surface area contributed by atoms with Gasteiger partial charge in [-0.2, -0.15) is 5.26 Å². The lowest BCUT2D eigenvalue weighted by Gasteiger charge is -2.10. The summed E-state index contributed by atoms with van der Waals surface area (Å²) >= 11 is 0. The van der Waals surface area contributed by atoms with Crippen molar-refractivity contribution in [3.63, 3.8) is 0 Å². The maximum absolute atomic E-state index is 13.7. The maximum Gasteiger partial charge on any atom is 0.178 e. The summed E-state index contributed by atoms with van der Waals surface area (Å²) in [6.07, 6.45) is 0. The molecule has 0 unspecified atom stereocenters. The van der Waals surface area contributed by atoms with E-state index < -0.39 is 5.82 Å². The third kappa shape index (κ3) is 2.22. The standard InChI is InChI=1S/C15H14FN3O/c1-9-5-13(15(20)8-18)10(2)19(9)12-4-3-11(7-17)14(16)6-12/h3-6H,8,18H2,1-2H3. The third-order valence-electron chi connectivity index (χ3n) is 3.25. The van der Waals surface area contributed by atoms with Crippen molar-refractivity contribution >= 4 is 5.78 Å². The molecule has 2 aromatic rings. The van der Waals surface area contributed by atoms with Crippen molar-refractivity contribution in [2.45, 2.75) is 13.8 Å². The van der Waals surface area contributed by atoms with Gasteiger partial charge in [-0.15, -0.1) is 0 Å². The van der Waals surface area contributed by atoms with E-state index in [9.17, 15) is 9.18 Å². The fourth-order valence-electron chi connectivity index (χ4n) is 2.29. The molecule has 0 aliphatic carbocycles. The van der Waals surface area contributed by atoms with Crippen LogP contribution in [0.1, 0.15) is 27.3 Å². The van der Waals surface area contributed by atoms with Crippen molar-refractivity contribution in [3.8, 4) is 11.8 Å². The van der Waals surface area contributed by atoms with Crippen molar-refractivity contribution in [1.29, 1.82) is 5.26 Å². The topological polar surface area (TPSA) is 71.8 Å². The molecule has 1 heterocycles. The number of benzene rings is 1. The van der Waals surface area contributed by atoms with E-state index >= 15 is 0 Å². The molecule has 2 N–H and O–H groups in total. The molecule has 102 valence electrons. The highest BCUT2D eigenvalue weighted by Crippen LogP contribution is 2.22. The van der Waals surface area contributed by atoms with Crippen LogP contribution in [0.25, 0.3) is 5.69 Å². The van der Waals surface area contributed by atoms with Crippen molar-refractivity contribution in [1.82, 2.24) is 4.57 Å². The van der Waals surface area contributed by atoms with Crippen molar-refractivity contribution in [2.24, 2.45) is 5.73 Å². The normalized spacial score (nSPS) is 10.3. The molecule has 1 aromatic heterocycles. The second-order valence-electron chi connectivity index (χ2n) is 4.52. The summed E-state index contributed by atoms with van der Waals surface area (Å²) in [6, 6.07) is 7.88. The van der Waals surface area contributed by atoms with Gasteiger partial charge in [-0.05, 0) is 38.1 Å². The van der Waals surface area contributed by atoms with Crippen LogP contribution >= 0.6 is 0 Å². The van der Waals surface area contributed by atoms with Crippen LogP contribution in [-0.4, -0.2) is 16.9 Å². The number of halogens is 1. The number of hydrogen-bond donors (Lipinski definition) is 1. The van der Waals surface area contributed by atoms with E-state index in [1.54, 1.807) is 29.7 Å². The number of ketones is 1. The molecule has 0 bridgehead atoms. The SMILES string of the molecule is Cc1cc(C(=O)CN)c(C)n1-c1ccc(C#N)c(F)c1. The first-order chi connectivity index (χ1) is 9.49. The Kier molecular flexibility index (Phi) is 3.68. The first-order valence-corrected chi connectivity index (χ1v) is 6.11. The minimum absolute atomic E-state index is 0.00512. The van der Waals surface area contributed by atoms with Crippen LogP contribution < -0.4 is 5.73 Å². The molecule has 0 aliphatic heterocycles. The van der Waals surface area contributed by atoms with Gasteiger partial charge in [-0.1, -0.05) is 0 Å². The molecule has 0 fully saturated rings. The quantitative estimate of drug-likeness (QED) is 0.870. The van der Waals surface area contributed by atoms with Crippen LogP contribution in [0.15, 0.2) is 24.3 Å². The van der Waals surface area contributed by atoms with Gasteiger partial charge in [0, 0.05) is 22.6 Å².